The molecule has 3 nitrogen and oxygen atoms in total. The summed E-state index contributed by atoms with van der Waals surface area (Å²) >= 11 is 0. The molecule has 94 valence electrons. The van der Waals surface area contributed by atoms with Crippen LogP contribution in [-0.2, 0) is 0 Å². The molecule has 0 aromatic heterocycles. The van der Waals surface area contributed by atoms with Gasteiger partial charge in [0.05, 0.1) is 0 Å². The first-order chi connectivity index (χ1) is 7.62. The third-order valence-corrected chi connectivity index (χ3v) is 4.47. The Labute approximate surface area is 100.0 Å². The maximum atomic E-state index is 5.83. The number of hydrogen-bond acceptors (Lipinski definition) is 3. The molecule has 1 saturated carbocycles. The van der Waals surface area contributed by atoms with Crippen LogP contribution in [0.4, 0.5) is 0 Å². The van der Waals surface area contributed by atoms with E-state index in [2.05, 4.69) is 23.6 Å². The SMILES string of the molecule is CC(C)(CN)N1CCN(CC2CCC2)CC1. The van der Waals surface area contributed by atoms with E-state index in [-0.39, 0.29) is 5.54 Å². The molecule has 2 aliphatic rings. The van der Waals surface area contributed by atoms with Crippen LogP contribution in [0.3, 0.4) is 0 Å². The van der Waals surface area contributed by atoms with Crippen LogP contribution in [0.2, 0.25) is 0 Å². The molecule has 1 aliphatic carbocycles. The highest BCUT2D eigenvalue weighted by Crippen LogP contribution is 2.27. The number of rotatable bonds is 4. The van der Waals surface area contributed by atoms with Gasteiger partial charge in [-0.1, -0.05) is 6.42 Å². The Balaban J connectivity index is 1.73. The van der Waals surface area contributed by atoms with Gasteiger partial charge in [0.25, 0.3) is 0 Å². The lowest BCUT2D eigenvalue weighted by atomic mass is 9.85. The Morgan fingerprint density at radius 1 is 1.12 bits per heavy atom. The third-order valence-electron chi connectivity index (χ3n) is 4.47. The highest BCUT2D eigenvalue weighted by atomic mass is 15.3. The van der Waals surface area contributed by atoms with Crippen molar-refractivity contribution in [2.75, 3.05) is 39.3 Å². The van der Waals surface area contributed by atoms with E-state index < -0.39 is 0 Å². The largest absolute Gasteiger partial charge is 0.329 e. The van der Waals surface area contributed by atoms with E-state index in [0.717, 1.165) is 12.5 Å². The second-order valence-electron chi connectivity index (χ2n) is 6.10. The molecule has 1 heterocycles. The Morgan fingerprint density at radius 3 is 2.19 bits per heavy atom. The van der Waals surface area contributed by atoms with Crippen molar-refractivity contribution < 1.29 is 0 Å². The van der Waals surface area contributed by atoms with Gasteiger partial charge in [-0.15, -0.1) is 0 Å². The van der Waals surface area contributed by atoms with E-state index >= 15 is 0 Å². The van der Waals surface area contributed by atoms with Gasteiger partial charge in [0.2, 0.25) is 0 Å². The summed E-state index contributed by atoms with van der Waals surface area (Å²) in [5.41, 5.74) is 6.01. The molecular formula is C13H27N3. The molecule has 2 rings (SSSR count). The molecule has 0 aromatic rings. The highest BCUT2D eigenvalue weighted by molar-refractivity contribution is 4.87. The van der Waals surface area contributed by atoms with E-state index in [9.17, 15) is 0 Å². The first kappa shape index (κ1) is 12.3. The second kappa shape index (κ2) is 5.03. The minimum Gasteiger partial charge on any atom is -0.329 e. The summed E-state index contributed by atoms with van der Waals surface area (Å²) in [7, 11) is 0. The third kappa shape index (κ3) is 2.76. The molecule has 2 N–H and O–H groups in total. The monoisotopic (exact) mass is 225 g/mol. The Hall–Kier alpha value is -0.120. The average molecular weight is 225 g/mol. The molecule has 2 fully saturated rings. The smallest absolute Gasteiger partial charge is 0.0276 e. The molecule has 16 heavy (non-hydrogen) atoms. The molecular weight excluding hydrogens is 198 g/mol. The highest BCUT2D eigenvalue weighted by Gasteiger charge is 2.29. The Morgan fingerprint density at radius 2 is 1.75 bits per heavy atom. The maximum Gasteiger partial charge on any atom is 0.0276 e. The summed E-state index contributed by atoms with van der Waals surface area (Å²) in [6.45, 7) is 11.5. The van der Waals surface area contributed by atoms with Crippen LogP contribution in [0.25, 0.3) is 0 Å². The minimum absolute atomic E-state index is 0.183. The first-order valence-electron chi connectivity index (χ1n) is 6.79. The zero-order valence-corrected chi connectivity index (χ0v) is 10.9. The van der Waals surface area contributed by atoms with Crippen molar-refractivity contribution in [2.45, 2.75) is 38.6 Å². The molecule has 1 saturated heterocycles. The van der Waals surface area contributed by atoms with Crippen molar-refractivity contribution in [1.82, 2.24) is 9.80 Å². The molecule has 0 aromatic carbocycles. The lowest BCUT2D eigenvalue weighted by Gasteiger charge is -2.44. The van der Waals surface area contributed by atoms with Gasteiger partial charge in [0.1, 0.15) is 0 Å². The van der Waals surface area contributed by atoms with Gasteiger partial charge in [0, 0.05) is 44.8 Å². The van der Waals surface area contributed by atoms with Crippen LogP contribution in [0.5, 0.6) is 0 Å². The fourth-order valence-electron chi connectivity index (χ4n) is 2.71. The predicted molar refractivity (Wildman–Crippen MR) is 68.5 cm³/mol. The van der Waals surface area contributed by atoms with Crippen LogP contribution in [0, 0.1) is 5.92 Å². The van der Waals surface area contributed by atoms with Crippen molar-refractivity contribution in [3.05, 3.63) is 0 Å². The van der Waals surface area contributed by atoms with Crippen LogP contribution in [0.15, 0.2) is 0 Å². The lowest BCUT2D eigenvalue weighted by Crippen LogP contribution is -2.57. The summed E-state index contributed by atoms with van der Waals surface area (Å²) in [5.74, 6) is 1.01. The second-order valence-corrected chi connectivity index (χ2v) is 6.10. The molecule has 0 atom stereocenters. The van der Waals surface area contributed by atoms with Crippen LogP contribution < -0.4 is 5.73 Å². The van der Waals surface area contributed by atoms with Gasteiger partial charge in [-0.3, -0.25) is 4.90 Å². The van der Waals surface area contributed by atoms with Gasteiger partial charge in [-0.2, -0.15) is 0 Å². The number of nitrogens with two attached hydrogens (primary N) is 1. The molecule has 0 radical (unpaired) electrons. The Bertz CT molecular complexity index is 215. The van der Waals surface area contributed by atoms with Crippen molar-refractivity contribution in [3.63, 3.8) is 0 Å². The van der Waals surface area contributed by atoms with E-state index in [1.807, 2.05) is 0 Å². The molecule has 0 spiro atoms. The van der Waals surface area contributed by atoms with E-state index in [1.165, 1.54) is 52.0 Å². The van der Waals surface area contributed by atoms with Gasteiger partial charge in [0.15, 0.2) is 0 Å². The summed E-state index contributed by atoms with van der Waals surface area (Å²) in [6, 6.07) is 0. The van der Waals surface area contributed by atoms with Gasteiger partial charge in [-0.05, 0) is 32.6 Å². The van der Waals surface area contributed by atoms with Gasteiger partial charge in [-0.25, -0.2) is 0 Å². The zero-order valence-electron chi connectivity index (χ0n) is 10.9. The van der Waals surface area contributed by atoms with Crippen molar-refractivity contribution in [2.24, 2.45) is 11.7 Å². The van der Waals surface area contributed by atoms with E-state index in [0.29, 0.717) is 0 Å². The molecule has 1 aliphatic heterocycles. The van der Waals surface area contributed by atoms with Crippen molar-refractivity contribution >= 4 is 0 Å². The van der Waals surface area contributed by atoms with Crippen molar-refractivity contribution in [1.29, 1.82) is 0 Å². The fourth-order valence-corrected chi connectivity index (χ4v) is 2.71. The van der Waals surface area contributed by atoms with E-state index in [1.54, 1.807) is 0 Å². The van der Waals surface area contributed by atoms with Gasteiger partial charge >= 0.3 is 0 Å². The lowest BCUT2D eigenvalue weighted by molar-refractivity contribution is 0.0437. The van der Waals surface area contributed by atoms with Crippen LogP contribution in [-0.4, -0.2) is 54.6 Å². The number of piperazine rings is 1. The van der Waals surface area contributed by atoms with Crippen LogP contribution in [0.1, 0.15) is 33.1 Å². The van der Waals surface area contributed by atoms with E-state index in [4.69, 9.17) is 5.73 Å². The zero-order chi connectivity index (χ0) is 11.6. The Kier molecular flexibility index (Phi) is 3.88. The predicted octanol–water partition coefficient (Wildman–Crippen LogP) is 1.14. The van der Waals surface area contributed by atoms with Crippen molar-refractivity contribution in [3.8, 4) is 0 Å². The average Bonchev–Trinajstić information content (AvgIpc) is 2.24. The normalized spacial score (nSPS) is 25.7. The quantitative estimate of drug-likeness (QED) is 0.779. The standard InChI is InChI=1S/C13H27N3/c1-13(2,11-14)16-8-6-15(7-9-16)10-12-4-3-5-12/h12H,3-11,14H2,1-2H3. The fraction of sp³-hybridized carbons (Fsp3) is 1.00. The first-order valence-corrected chi connectivity index (χ1v) is 6.79. The summed E-state index contributed by atoms with van der Waals surface area (Å²) < 4.78 is 0. The molecule has 0 unspecified atom stereocenters. The van der Waals surface area contributed by atoms with Crippen LogP contribution >= 0.6 is 0 Å². The molecule has 0 bridgehead atoms. The number of nitrogens with zero attached hydrogens (tertiary/aromatic N) is 2. The topological polar surface area (TPSA) is 32.5 Å². The number of hydrogen-bond donors (Lipinski definition) is 1. The maximum absolute atomic E-state index is 5.83. The summed E-state index contributed by atoms with van der Waals surface area (Å²) in [4.78, 5) is 5.19. The minimum atomic E-state index is 0.183. The van der Waals surface area contributed by atoms with Gasteiger partial charge < -0.3 is 10.6 Å². The molecule has 0 amide bonds. The summed E-state index contributed by atoms with van der Waals surface area (Å²) in [6.07, 6.45) is 4.40. The molecule has 3 heteroatoms. The summed E-state index contributed by atoms with van der Waals surface area (Å²) in [5, 5.41) is 0.